The second kappa shape index (κ2) is 7.94. The van der Waals surface area contributed by atoms with E-state index in [-0.39, 0.29) is 5.91 Å². The van der Waals surface area contributed by atoms with E-state index < -0.39 is 0 Å². The van der Waals surface area contributed by atoms with Gasteiger partial charge in [0.1, 0.15) is 12.4 Å². The standard InChI is InChI=1S/C23H29NO2/c1-5-17-12-16(4)22(13-15(17)3)26-14-20-19(18-10-11-18)8-7-9-21(20)24-23(25)6-2/h7-9,12-13,18H,5-6,10-11,14H2,1-4H3,(H,24,25). The van der Waals surface area contributed by atoms with E-state index in [1.807, 2.05) is 19.1 Å². The molecule has 2 aromatic carbocycles. The van der Waals surface area contributed by atoms with Gasteiger partial charge in [0.25, 0.3) is 0 Å². The lowest BCUT2D eigenvalue weighted by atomic mass is 10.0. The first-order valence-electron chi connectivity index (χ1n) is 9.68. The third kappa shape index (κ3) is 4.09. The highest BCUT2D eigenvalue weighted by Gasteiger charge is 2.27. The number of carbonyl (C=O) groups excluding carboxylic acids is 1. The fraction of sp³-hybridized carbons (Fsp3) is 0.435. The van der Waals surface area contributed by atoms with Gasteiger partial charge in [-0.1, -0.05) is 32.0 Å². The molecule has 1 aliphatic rings. The Labute approximate surface area is 156 Å². The second-order valence-corrected chi connectivity index (χ2v) is 7.24. The van der Waals surface area contributed by atoms with Crippen LogP contribution >= 0.6 is 0 Å². The van der Waals surface area contributed by atoms with E-state index in [0.717, 1.165) is 29.0 Å². The van der Waals surface area contributed by atoms with Crippen LogP contribution in [0.1, 0.15) is 66.8 Å². The minimum atomic E-state index is 0.0403. The lowest BCUT2D eigenvalue weighted by Gasteiger charge is -2.18. The van der Waals surface area contributed by atoms with Crippen molar-refractivity contribution in [2.24, 2.45) is 0 Å². The number of amides is 1. The Kier molecular flexibility index (Phi) is 5.65. The predicted octanol–water partition coefficient (Wildman–Crippen LogP) is 5.67. The van der Waals surface area contributed by atoms with E-state index in [9.17, 15) is 4.79 Å². The molecule has 1 fully saturated rings. The summed E-state index contributed by atoms with van der Waals surface area (Å²) in [4.78, 5) is 11.9. The molecular formula is C23H29NO2. The smallest absolute Gasteiger partial charge is 0.224 e. The number of hydrogen-bond donors (Lipinski definition) is 1. The number of ether oxygens (including phenoxy) is 1. The third-order valence-electron chi connectivity index (χ3n) is 5.21. The van der Waals surface area contributed by atoms with Crippen molar-refractivity contribution < 1.29 is 9.53 Å². The summed E-state index contributed by atoms with van der Waals surface area (Å²) in [6.07, 6.45) is 3.96. The average Bonchev–Trinajstić information content (AvgIpc) is 3.47. The maximum Gasteiger partial charge on any atom is 0.224 e. The molecule has 0 heterocycles. The summed E-state index contributed by atoms with van der Waals surface area (Å²) in [6.45, 7) is 8.77. The maximum absolute atomic E-state index is 11.9. The number of hydrogen-bond acceptors (Lipinski definition) is 2. The van der Waals surface area contributed by atoms with Gasteiger partial charge in [-0.3, -0.25) is 4.79 Å². The van der Waals surface area contributed by atoms with Crippen LogP contribution in [-0.4, -0.2) is 5.91 Å². The minimum absolute atomic E-state index is 0.0403. The van der Waals surface area contributed by atoms with Crippen molar-refractivity contribution in [3.05, 3.63) is 58.1 Å². The fourth-order valence-electron chi connectivity index (χ4n) is 3.43. The van der Waals surface area contributed by atoms with Gasteiger partial charge >= 0.3 is 0 Å². The molecule has 2 aromatic rings. The largest absolute Gasteiger partial charge is 0.489 e. The number of carbonyl (C=O) groups is 1. The van der Waals surface area contributed by atoms with Crippen LogP contribution in [0.5, 0.6) is 5.75 Å². The van der Waals surface area contributed by atoms with Gasteiger partial charge in [0, 0.05) is 17.7 Å². The molecule has 0 saturated heterocycles. The topological polar surface area (TPSA) is 38.3 Å². The van der Waals surface area contributed by atoms with E-state index in [2.05, 4.69) is 44.3 Å². The van der Waals surface area contributed by atoms with Gasteiger partial charge < -0.3 is 10.1 Å². The summed E-state index contributed by atoms with van der Waals surface area (Å²) in [5, 5.41) is 3.04. The molecule has 26 heavy (non-hydrogen) atoms. The van der Waals surface area contributed by atoms with Gasteiger partial charge in [-0.15, -0.1) is 0 Å². The van der Waals surface area contributed by atoms with E-state index in [4.69, 9.17) is 4.74 Å². The van der Waals surface area contributed by atoms with Crippen molar-refractivity contribution in [2.45, 2.75) is 65.9 Å². The Hall–Kier alpha value is -2.29. The Bertz CT molecular complexity index is 806. The van der Waals surface area contributed by atoms with E-state index >= 15 is 0 Å². The van der Waals surface area contributed by atoms with Crippen molar-refractivity contribution in [3.8, 4) is 5.75 Å². The minimum Gasteiger partial charge on any atom is -0.489 e. The van der Waals surface area contributed by atoms with Crippen LogP contribution < -0.4 is 10.1 Å². The quantitative estimate of drug-likeness (QED) is 0.698. The first-order valence-corrected chi connectivity index (χ1v) is 9.68. The van der Waals surface area contributed by atoms with E-state index in [0.29, 0.717) is 18.9 Å². The lowest BCUT2D eigenvalue weighted by Crippen LogP contribution is -2.13. The van der Waals surface area contributed by atoms with Crippen molar-refractivity contribution in [1.82, 2.24) is 0 Å². The maximum atomic E-state index is 11.9. The van der Waals surface area contributed by atoms with Crippen LogP contribution in [0.2, 0.25) is 0 Å². The molecule has 1 aliphatic carbocycles. The summed E-state index contributed by atoms with van der Waals surface area (Å²) in [6, 6.07) is 10.6. The second-order valence-electron chi connectivity index (χ2n) is 7.24. The highest BCUT2D eigenvalue weighted by Crippen LogP contribution is 2.43. The number of anilines is 1. The molecule has 138 valence electrons. The summed E-state index contributed by atoms with van der Waals surface area (Å²) in [5.74, 6) is 1.58. The molecule has 0 aliphatic heterocycles. The summed E-state index contributed by atoms with van der Waals surface area (Å²) in [5.41, 5.74) is 7.12. The van der Waals surface area contributed by atoms with Gasteiger partial charge in [0.2, 0.25) is 5.91 Å². The molecule has 1 N–H and O–H groups in total. The Morgan fingerprint density at radius 3 is 2.58 bits per heavy atom. The lowest BCUT2D eigenvalue weighted by molar-refractivity contribution is -0.115. The molecule has 0 unspecified atom stereocenters. The van der Waals surface area contributed by atoms with Crippen LogP contribution in [-0.2, 0) is 17.8 Å². The number of rotatable bonds is 7. The molecule has 0 aromatic heterocycles. The predicted molar refractivity (Wildman–Crippen MR) is 107 cm³/mol. The van der Waals surface area contributed by atoms with Crippen LogP contribution in [0.15, 0.2) is 30.3 Å². The van der Waals surface area contributed by atoms with Crippen molar-refractivity contribution >= 4 is 11.6 Å². The molecule has 0 spiro atoms. The number of nitrogens with one attached hydrogen (secondary N) is 1. The van der Waals surface area contributed by atoms with Crippen LogP contribution in [0.25, 0.3) is 0 Å². The first-order chi connectivity index (χ1) is 12.5. The zero-order chi connectivity index (χ0) is 18.7. The number of aryl methyl sites for hydroxylation is 3. The molecule has 3 rings (SSSR count). The van der Waals surface area contributed by atoms with Crippen molar-refractivity contribution in [1.29, 1.82) is 0 Å². The monoisotopic (exact) mass is 351 g/mol. The Morgan fingerprint density at radius 2 is 1.92 bits per heavy atom. The van der Waals surface area contributed by atoms with Crippen molar-refractivity contribution in [3.63, 3.8) is 0 Å². The molecule has 0 bridgehead atoms. The van der Waals surface area contributed by atoms with Gasteiger partial charge in [-0.25, -0.2) is 0 Å². The van der Waals surface area contributed by atoms with Gasteiger partial charge in [-0.05, 0) is 73.4 Å². The zero-order valence-corrected chi connectivity index (χ0v) is 16.3. The van der Waals surface area contributed by atoms with E-state index in [1.165, 1.54) is 29.5 Å². The highest BCUT2D eigenvalue weighted by molar-refractivity contribution is 5.91. The zero-order valence-electron chi connectivity index (χ0n) is 16.3. The van der Waals surface area contributed by atoms with Crippen LogP contribution in [0.4, 0.5) is 5.69 Å². The molecule has 3 nitrogen and oxygen atoms in total. The molecular weight excluding hydrogens is 322 g/mol. The molecule has 3 heteroatoms. The molecule has 1 amide bonds. The Balaban J connectivity index is 1.87. The fourth-order valence-corrected chi connectivity index (χ4v) is 3.43. The average molecular weight is 351 g/mol. The first kappa shape index (κ1) is 18.5. The number of benzene rings is 2. The summed E-state index contributed by atoms with van der Waals surface area (Å²) >= 11 is 0. The Morgan fingerprint density at radius 1 is 1.15 bits per heavy atom. The normalized spacial score (nSPS) is 13.5. The highest BCUT2D eigenvalue weighted by atomic mass is 16.5. The van der Waals surface area contributed by atoms with Crippen LogP contribution in [0.3, 0.4) is 0 Å². The van der Waals surface area contributed by atoms with Gasteiger partial charge in [-0.2, -0.15) is 0 Å². The van der Waals surface area contributed by atoms with Crippen LogP contribution in [0, 0.1) is 13.8 Å². The SMILES string of the molecule is CCC(=O)Nc1cccc(C2CC2)c1COc1cc(C)c(CC)cc1C. The summed E-state index contributed by atoms with van der Waals surface area (Å²) in [7, 11) is 0. The molecule has 0 atom stereocenters. The third-order valence-corrected chi connectivity index (χ3v) is 5.21. The van der Waals surface area contributed by atoms with Gasteiger partial charge in [0.05, 0.1) is 0 Å². The molecule has 0 radical (unpaired) electrons. The van der Waals surface area contributed by atoms with Crippen molar-refractivity contribution in [2.75, 3.05) is 5.32 Å². The van der Waals surface area contributed by atoms with E-state index in [1.54, 1.807) is 0 Å². The summed E-state index contributed by atoms with van der Waals surface area (Å²) < 4.78 is 6.23. The van der Waals surface area contributed by atoms with Gasteiger partial charge in [0.15, 0.2) is 0 Å². The molecule has 1 saturated carbocycles.